The Morgan fingerprint density at radius 1 is 1.47 bits per heavy atom. The second-order valence-electron chi connectivity index (χ2n) is 4.74. The average molecular weight is 278 g/mol. The number of hydrogen-bond donors (Lipinski definition) is 2. The molecule has 0 saturated carbocycles. The summed E-state index contributed by atoms with van der Waals surface area (Å²) < 4.78 is 5.39. The Morgan fingerprint density at radius 3 is 2.95 bits per heavy atom. The molecule has 0 radical (unpaired) electrons. The molecule has 0 spiro atoms. The molecule has 5 heteroatoms. The van der Waals surface area contributed by atoms with Gasteiger partial charge in [-0.25, -0.2) is 0 Å². The number of hydrogen-bond acceptors (Lipinski definition) is 3. The lowest BCUT2D eigenvalue weighted by Gasteiger charge is -2.22. The van der Waals surface area contributed by atoms with E-state index in [2.05, 4.69) is 5.32 Å². The Balaban J connectivity index is 1.92. The van der Waals surface area contributed by atoms with Crippen molar-refractivity contribution in [2.24, 2.45) is 11.7 Å². The van der Waals surface area contributed by atoms with E-state index in [4.69, 9.17) is 22.7 Å². The molecule has 4 nitrogen and oxygen atoms in total. The van der Waals surface area contributed by atoms with Crippen molar-refractivity contribution in [3.05, 3.63) is 35.4 Å². The van der Waals surface area contributed by atoms with Gasteiger partial charge in [-0.2, -0.15) is 0 Å². The standard InChI is InChI=1S/C14H18N2O2S/c15-13(19)11-4-1-5-12(7-11)14(17)16-8-10-3-2-6-18-9-10/h1,4-5,7,10H,2-3,6,8-9H2,(H2,15,19)(H,16,17). The van der Waals surface area contributed by atoms with Crippen molar-refractivity contribution in [1.82, 2.24) is 5.32 Å². The molecule has 0 aliphatic carbocycles. The van der Waals surface area contributed by atoms with E-state index in [0.29, 0.717) is 28.6 Å². The van der Waals surface area contributed by atoms with Crippen LogP contribution in [0, 0.1) is 5.92 Å². The summed E-state index contributed by atoms with van der Waals surface area (Å²) in [6.07, 6.45) is 2.17. The van der Waals surface area contributed by atoms with E-state index in [1.54, 1.807) is 24.3 Å². The summed E-state index contributed by atoms with van der Waals surface area (Å²) in [5.74, 6) is 0.320. The number of rotatable bonds is 4. The lowest BCUT2D eigenvalue weighted by Crippen LogP contribution is -2.33. The molecule has 0 aromatic heterocycles. The van der Waals surface area contributed by atoms with Crippen molar-refractivity contribution >= 4 is 23.1 Å². The van der Waals surface area contributed by atoms with Crippen LogP contribution in [0.1, 0.15) is 28.8 Å². The van der Waals surface area contributed by atoms with Gasteiger partial charge in [0, 0.05) is 24.3 Å². The molecule has 2 rings (SSSR count). The lowest BCUT2D eigenvalue weighted by molar-refractivity contribution is 0.0536. The number of ether oxygens (including phenoxy) is 1. The van der Waals surface area contributed by atoms with Gasteiger partial charge in [-0.1, -0.05) is 24.4 Å². The maximum absolute atomic E-state index is 12.0. The first-order valence-corrected chi connectivity index (χ1v) is 6.83. The summed E-state index contributed by atoms with van der Waals surface area (Å²) in [6.45, 7) is 2.21. The van der Waals surface area contributed by atoms with E-state index in [9.17, 15) is 4.79 Å². The second-order valence-corrected chi connectivity index (χ2v) is 5.18. The molecule has 1 atom stereocenters. The van der Waals surface area contributed by atoms with Crippen LogP contribution in [0.25, 0.3) is 0 Å². The minimum Gasteiger partial charge on any atom is -0.389 e. The predicted octanol–water partition coefficient (Wildman–Crippen LogP) is 1.48. The third-order valence-electron chi connectivity index (χ3n) is 3.22. The van der Waals surface area contributed by atoms with Crippen molar-refractivity contribution in [2.45, 2.75) is 12.8 Å². The van der Waals surface area contributed by atoms with Crippen molar-refractivity contribution in [3.63, 3.8) is 0 Å². The molecule has 1 unspecified atom stereocenters. The average Bonchev–Trinajstić information content (AvgIpc) is 2.46. The molecule has 1 aliphatic heterocycles. The SMILES string of the molecule is NC(=S)c1cccc(C(=O)NCC2CCCOC2)c1. The summed E-state index contributed by atoms with van der Waals surface area (Å²) in [5, 5.41) is 2.93. The molecule has 1 amide bonds. The molecule has 1 heterocycles. The van der Waals surface area contributed by atoms with Gasteiger partial charge >= 0.3 is 0 Å². The number of nitrogens with two attached hydrogens (primary N) is 1. The first-order chi connectivity index (χ1) is 9.16. The number of benzene rings is 1. The summed E-state index contributed by atoms with van der Waals surface area (Å²) in [6, 6.07) is 7.06. The van der Waals surface area contributed by atoms with Gasteiger partial charge in [0.1, 0.15) is 4.99 Å². The highest BCUT2D eigenvalue weighted by Crippen LogP contribution is 2.12. The van der Waals surface area contributed by atoms with E-state index >= 15 is 0 Å². The minimum absolute atomic E-state index is 0.0938. The summed E-state index contributed by atoms with van der Waals surface area (Å²) in [7, 11) is 0. The molecular formula is C14H18N2O2S. The highest BCUT2D eigenvalue weighted by molar-refractivity contribution is 7.80. The largest absolute Gasteiger partial charge is 0.389 e. The van der Waals surface area contributed by atoms with Crippen molar-refractivity contribution in [2.75, 3.05) is 19.8 Å². The number of amides is 1. The topological polar surface area (TPSA) is 64.4 Å². The van der Waals surface area contributed by atoms with E-state index in [0.717, 1.165) is 26.1 Å². The summed E-state index contributed by atoms with van der Waals surface area (Å²) in [5.41, 5.74) is 6.85. The lowest BCUT2D eigenvalue weighted by atomic mass is 10.0. The zero-order valence-electron chi connectivity index (χ0n) is 10.7. The third kappa shape index (κ3) is 4.01. The van der Waals surface area contributed by atoms with Crippen molar-refractivity contribution in [3.8, 4) is 0 Å². The maximum atomic E-state index is 12.0. The van der Waals surface area contributed by atoms with E-state index in [1.165, 1.54) is 0 Å². The Labute approximate surface area is 118 Å². The normalized spacial score (nSPS) is 18.8. The predicted molar refractivity (Wildman–Crippen MR) is 78.2 cm³/mol. The van der Waals surface area contributed by atoms with E-state index in [-0.39, 0.29) is 5.91 Å². The van der Waals surface area contributed by atoms with Crippen LogP contribution in [0.5, 0.6) is 0 Å². The monoisotopic (exact) mass is 278 g/mol. The quantitative estimate of drug-likeness (QED) is 0.819. The van der Waals surface area contributed by atoms with Crippen LogP contribution in [0.4, 0.5) is 0 Å². The molecule has 1 aliphatic rings. The van der Waals surface area contributed by atoms with Gasteiger partial charge in [0.15, 0.2) is 0 Å². The number of carbonyl (C=O) groups excluding carboxylic acids is 1. The molecule has 1 aromatic rings. The number of carbonyl (C=O) groups is 1. The zero-order valence-corrected chi connectivity index (χ0v) is 11.5. The van der Waals surface area contributed by atoms with Gasteiger partial charge < -0.3 is 15.8 Å². The Hall–Kier alpha value is -1.46. The van der Waals surface area contributed by atoms with Gasteiger partial charge in [0.05, 0.1) is 6.61 Å². The van der Waals surface area contributed by atoms with E-state index < -0.39 is 0 Å². The van der Waals surface area contributed by atoms with Crippen LogP contribution in [0.2, 0.25) is 0 Å². The van der Waals surface area contributed by atoms with E-state index in [1.807, 2.05) is 0 Å². The summed E-state index contributed by atoms with van der Waals surface area (Å²) in [4.78, 5) is 12.3. The van der Waals surface area contributed by atoms with Crippen LogP contribution in [0.15, 0.2) is 24.3 Å². The van der Waals surface area contributed by atoms with Gasteiger partial charge in [0.25, 0.3) is 5.91 Å². The first kappa shape index (κ1) is 14.0. The highest BCUT2D eigenvalue weighted by atomic mass is 32.1. The Bertz CT molecular complexity index is 470. The van der Waals surface area contributed by atoms with Crippen LogP contribution in [-0.2, 0) is 4.74 Å². The molecule has 102 valence electrons. The van der Waals surface area contributed by atoms with Crippen LogP contribution >= 0.6 is 12.2 Å². The van der Waals surface area contributed by atoms with Crippen LogP contribution in [0.3, 0.4) is 0 Å². The van der Waals surface area contributed by atoms with Gasteiger partial charge in [-0.15, -0.1) is 0 Å². The van der Waals surface area contributed by atoms with Gasteiger partial charge in [-0.3, -0.25) is 4.79 Å². The molecule has 19 heavy (non-hydrogen) atoms. The molecule has 1 fully saturated rings. The van der Waals surface area contributed by atoms with Crippen molar-refractivity contribution in [1.29, 1.82) is 0 Å². The maximum Gasteiger partial charge on any atom is 0.251 e. The molecular weight excluding hydrogens is 260 g/mol. The summed E-state index contributed by atoms with van der Waals surface area (Å²) >= 11 is 4.90. The molecule has 1 saturated heterocycles. The highest BCUT2D eigenvalue weighted by Gasteiger charge is 2.15. The fraction of sp³-hybridized carbons (Fsp3) is 0.429. The van der Waals surface area contributed by atoms with Crippen LogP contribution < -0.4 is 11.1 Å². The van der Waals surface area contributed by atoms with Crippen LogP contribution in [-0.4, -0.2) is 30.7 Å². The molecule has 3 N–H and O–H groups in total. The number of nitrogens with one attached hydrogen (secondary N) is 1. The third-order valence-corrected chi connectivity index (χ3v) is 3.45. The second kappa shape index (κ2) is 6.63. The first-order valence-electron chi connectivity index (χ1n) is 6.42. The zero-order chi connectivity index (χ0) is 13.7. The fourth-order valence-electron chi connectivity index (χ4n) is 2.12. The minimum atomic E-state index is -0.0938. The fourth-order valence-corrected chi connectivity index (χ4v) is 2.25. The van der Waals surface area contributed by atoms with Crippen molar-refractivity contribution < 1.29 is 9.53 Å². The Morgan fingerprint density at radius 2 is 2.26 bits per heavy atom. The molecule has 0 bridgehead atoms. The van der Waals surface area contributed by atoms with Gasteiger partial charge in [0.2, 0.25) is 0 Å². The van der Waals surface area contributed by atoms with Gasteiger partial charge in [-0.05, 0) is 30.9 Å². The Kier molecular flexibility index (Phi) is 4.87. The smallest absolute Gasteiger partial charge is 0.251 e. The molecule has 1 aromatic carbocycles. The number of thiocarbonyl (C=S) groups is 1.